The highest BCUT2D eigenvalue weighted by Gasteiger charge is 2.34. The topological polar surface area (TPSA) is 92.4 Å². The first-order valence-electron chi connectivity index (χ1n) is 11.2. The number of para-hydroxylation sites is 1. The molecule has 2 aliphatic rings. The lowest BCUT2D eigenvalue weighted by Gasteiger charge is -2.39. The van der Waals surface area contributed by atoms with Gasteiger partial charge in [0.15, 0.2) is 0 Å². The van der Waals surface area contributed by atoms with Gasteiger partial charge < -0.3 is 24.7 Å². The second-order valence-corrected chi connectivity index (χ2v) is 8.60. The fraction of sp³-hybridized carbons (Fsp3) is 0.458. The highest BCUT2D eigenvalue weighted by Crippen LogP contribution is 2.34. The number of aromatic amines is 1. The molecule has 0 aliphatic carbocycles. The van der Waals surface area contributed by atoms with E-state index in [0.717, 1.165) is 60.5 Å². The molecule has 1 amide bonds. The first kappa shape index (κ1) is 20.9. The van der Waals surface area contributed by atoms with Gasteiger partial charge in [-0.25, -0.2) is 9.97 Å². The van der Waals surface area contributed by atoms with E-state index in [1.54, 1.807) is 14.0 Å². The van der Waals surface area contributed by atoms with Gasteiger partial charge in [0.25, 0.3) is 0 Å². The molecule has 2 N–H and O–H groups in total. The molecule has 0 bridgehead atoms. The minimum absolute atomic E-state index is 0.0700. The summed E-state index contributed by atoms with van der Waals surface area (Å²) in [4.78, 5) is 27.1. The maximum atomic E-state index is 12.4. The number of aromatic nitrogens is 3. The predicted molar refractivity (Wildman–Crippen MR) is 121 cm³/mol. The molecular formula is C24H29N5O3. The van der Waals surface area contributed by atoms with Crippen LogP contribution in [0, 0.1) is 0 Å². The van der Waals surface area contributed by atoms with Gasteiger partial charge in [-0.2, -0.15) is 0 Å². The number of ether oxygens (including phenoxy) is 2. The zero-order chi connectivity index (χ0) is 22.1. The molecule has 4 heterocycles. The predicted octanol–water partition coefficient (Wildman–Crippen LogP) is 3.06. The normalized spacial score (nSPS) is 23.6. The maximum absolute atomic E-state index is 12.4. The number of H-pyrrole nitrogens is 1. The van der Waals surface area contributed by atoms with Crippen LogP contribution in [-0.2, 0) is 9.53 Å². The number of methoxy groups -OCH3 is 1. The number of rotatable bonds is 5. The number of fused-ring (bicyclic) bond motifs is 1. The Balaban J connectivity index is 1.43. The van der Waals surface area contributed by atoms with Crippen LogP contribution in [0.15, 0.2) is 36.5 Å². The van der Waals surface area contributed by atoms with Crippen molar-refractivity contribution in [2.24, 2.45) is 0 Å². The second-order valence-electron chi connectivity index (χ2n) is 8.60. The van der Waals surface area contributed by atoms with Gasteiger partial charge in [0.1, 0.15) is 5.82 Å². The van der Waals surface area contributed by atoms with E-state index in [1.165, 1.54) is 0 Å². The first-order chi connectivity index (χ1) is 15.6. The standard InChI is InChI=1S/C24H29N5O3/c1-15(30)29-9-7-17(26-18-8-10-32-14-18)12-22(29)23-25-13-21(27-23)19-11-16-5-3-4-6-20(16)28-24(19)31-2/h3-6,11,13,17-18,22,26H,7-10,12,14H2,1-2H3,(H,25,27)/t17-,18?,22-/m0/s1. The van der Waals surface area contributed by atoms with Crippen molar-refractivity contribution < 1.29 is 14.3 Å². The van der Waals surface area contributed by atoms with Crippen molar-refractivity contribution in [2.75, 3.05) is 26.9 Å². The number of benzene rings is 1. The van der Waals surface area contributed by atoms with E-state index in [4.69, 9.17) is 9.47 Å². The molecule has 2 fully saturated rings. The van der Waals surface area contributed by atoms with E-state index in [9.17, 15) is 4.79 Å². The van der Waals surface area contributed by atoms with Crippen LogP contribution in [0.2, 0.25) is 0 Å². The van der Waals surface area contributed by atoms with Gasteiger partial charge in [0.2, 0.25) is 11.8 Å². The van der Waals surface area contributed by atoms with E-state index >= 15 is 0 Å². The quantitative estimate of drug-likeness (QED) is 0.640. The Kier molecular flexibility index (Phi) is 5.80. The van der Waals surface area contributed by atoms with Crippen LogP contribution >= 0.6 is 0 Å². The fourth-order valence-electron chi connectivity index (χ4n) is 4.84. The van der Waals surface area contributed by atoms with Crippen LogP contribution in [0.4, 0.5) is 0 Å². The molecular weight excluding hydrogens is 406 g/mol. The van der Waals surface area contributed by atoms with Crippen LogP contribution in [0.25, 0.3) is 22.2 Å². The second kappa shape index (κ2) is 8.88. The molecule has 0 saturated carbocycles. The molecule has 1 unspecified atom stereocenters. The SMILES string of the molecule is COc1nc2ccccc2cc1-c1cnc([C@@H]2C[C@@H](NC3CCOC3)CCN2C(C)=O)[nH]1. The van der Waals surface area contributed by atoms with Crippen molar-refractivity contribution in [2.45, 2.75) is 44.3 Å². The van der Waals surface area contributed by atoms with E-state index in [-0.39, 0.29) is 11.9 Å². The van der Waals surface area contributed by atoms with Crippen LogP contribution in [0.1, 0.15) is 38.1 Å². The molecule has 3 aromatic rings. The van der Waals surface area contributed by atoms with Crippen molar-refractivity contribution in [3.63, 3.8) is 0 Å². The molecule has 8 heteroatoms. The zero-order valence-corrected chi connectivity index (χ0v) is 18.5. The van der Waals surface area contributed by atoms with Crippen LogP contribution in [0.3, 0.4) is 0 Å². The number of amides is 1. The summed E-state index contributed by atoms with van der Waals surface area (Å²) in [5, 5.41) is 4.75. The number of nitrogens with one attached hydrogen (secondary N) is 2. The zero-order valence-electron chi connectivity index (χ0n) is 18.5. The lowest BCUT2D eigenvalue weighted by atomic mass is 9.95. The number of pyridine rings is 1. The third kappa shape index (κ3) is 4.08. The minimum atomic E-state index is -0.103. The Labute approximate surface area is 187 Å². The molecule has 32 heavy (non-hydrogen) atoms. The van der Waals surface area contributed by atoms with Crippen molar-refractivity contribution >= 4 is 16.8 Å². The largest absolute Gasteiger partial charge is 0.480 e. The summed E-state index contributed by atoms with van der Waals surface area (Å²) >= 11 is 0. The van der Waals surface area contributed by atoms with Gasteiger partial charge in [-0.1, -0.05) is 18.2 Å². The average Bonchev–Trinajstić information content (AvgIpc) is 3.50. The smallest absolute Gasteiger partial charge is 0.223 e. The monoisotopic (exact) mass is 435 g/mol. The summed E-state index contributed by atoms with van der Waals surface area (Å²) in [6.07, 6.45) is 4.60. The van der Waals surface area contributed by atoms with Crippen molar-refractivity contribution in [1.82, 2.24) is 25.2 Å². The summed E-state index contributed by atoms with van der Waals surface area (Å²) in [5.41, 5.74) is 2.57. The molecule has 1 aromatic carbocycles. The number of likely N-dealkylation sites (tertiary alicyclic amines) is 1. The van der Waals surface area contributed by atoms with Gasteiger partial charge in [-0.15, -0.1) is 0 Å². The Morgan fingerprint density at radius 2 is 2.16 bits per heavy atom. The summed E-state index contributed by atoms with van der Waals surface area (Å²) in [6.45, 7) is 3.92. The number of piperidine rings is 1. The molecule has 5 rings (SSSR count). The molecule has 0 radical (unpaired) electrons. The molecule has 8 nitrogen and oxygen atoms in total. The Hall–Kier alpha value is -2.97. The molecule has 0 spiro atoms. The number of nitrogens with zero attached hydrogens (tertiary/aromatic N) is 3. The minimum Gasteiger partial charge on any atom is -0.480 e. The summed E-state index contributed by atoms with van der Waals surface area (Å²) < 4.78 is 11.1. The van der Waals surface area contributed by atoms with Gasteiger partial charge >= 0.3 is 0 Å². The highest BCUT2D eigenvalue weighted by atomic mass is 16.5. The molecule has 3 atom stereocenters. The molecule has 2 saturated heterocycles. The maximum Gasteiger partial charge on any atom is 0.223 e. The average molecular weight is 436 g/mol. The van der Waals surface area contributed by atoms with Gasteiger partial charge in [-0.3, -0.25) is 4.79 Å². The third-order valence-corrected chi connectivity index (χ3v) is 6.49. The van der Waals surface area contributed by atoms with E-state index in [0.29, 0.717) is 24.5 Å². The van der Waals surface area contributed by atoms with Crippen LogP contribution in [-0.4, -0.2) is 64.7 Å². The van der Waals surface area contributed by atoms with Crippen molar-refractivity contribution in [3.8, 4) is 17.1 Å². The van der Waals surface area contributed by atoms with E-state index < -0.39 is 0 Å². The number of carbonyl (C=O) groups is 1. The molecule has 2 aliphatic heterocycles. The number of carbonyl (C=O) groups excluding carboxylic acids is 1. The Morgan fingerprint density at radius 3 is 2.94 bits per heavy atom. The number of hydrogen-bond acceptors (Lipinski definition) is 6. The lowest BCUT2D eigenvalue weighted by Crippen LogP contribution is -2.49. The summed E-state index contributed by atoms with van der Waals surface area (Å²) in [5.74, 6) is 1.41. The highest BCUT2D eigenvalue weighted by molar-refractivity contribution is 5.85. The van der Waals surface area contributed by atoms with E-state index in [2.05, 4.69) is 26.3 Å². The van der Waals surface area contributed by atoms with E-state index in [1.807, 2.05) is 35.4 Å². The summed E-state index contributed by atoms with van der Waals surface area (Å²) in [6, 6.07) is 10.6. The number of imidazole rings is 1. The van der Waals surface area contributed by atoms with Gasteiger partial charge in [0.05, 0.1) is 42.7 Å². The van der Waals surface area contributed by atoms with Crippen LogP contribution < -0.4 is 10.1 Å². The third-order valence-electron chi connectivity index (χ3n) is 6.49. The van der Waals surface area contributed by atoms with Crippen molar-refractivity contribution in [3.05, 3.63) is 42.4 Å². The molecule has 168 valence electrons. The number of hydrogen-bond donors (Lipinski definition) is 2. The lowest BCUT2D eigenvalue weighted by molar-refractivity contribution is -0.133. The fourth-order valence-corrected chi connectivity index (χ4v) is 4.84. The van der Waals surface area contributed by atoms with Gasteiger partial charge in [-0.05, 0) is 31.4 Å². The first-order valence-corrected chi connectivity index (χ1v) is 11.2. The van der Waals surface area contributed by atoms with Crippen molar-refractivity contribution in [1.29, 1.82) is 0 Å². The molecule has 2 aromatic heterocycles. The Bertz CT molecular complexity index is 1110. The van der Waals surface area contributed by atoms with Crippen LogP contribution in [0.5, 0.6) is 5.88 Å². The van der Waals surface area contributed by atoms with Gasteiger partial charge in [0, 0.05) is 37.5 Å². The summed E-state index contributed by atoms with van der Waals surface area (Å²) in [7, 11) is 1.62. The Morgan fingerprint density at radius 1 is 1.28 bits per heavy atom.